The largest absolute Gasteiger partial charge is 0.478 e. The molecule has 0 bridgehead atoms. The van der Waals surface area contributed by atoms with E-state index in [1.807, 2.05) is 4.90 Å². The van der Waals surface area contributed by atoms with E-state index in [4.69, 9.17) is 4.74 Å². The standard InChI is InChI=1S/C24H29N3O5S/c1-33(30,31)27-17-14-22(32-21-13-7-6-12-20(21)27)23(28)25-19-11-5-4-10-18(19)24(29)26-15-8-2-3-9-16-26/h4-7,10-13,22H,2-3,8-9,14-17H2,1H3,(H,25,28). The number of likely N-dealkylation sites (tertiary alicyclic amines) is 1. The van der Waals surface area contributed by atoms with E-state index in [9.17, 15) is 18.0 Å². The Morgan fingerprint density at radius 3 is 2.33 bits per heavy atom. The van der Waals surface area contributed by atoms with Crippen LogP contribution in [0.1, 0.15) is 42.5 Å². The van der Waals surface area contributed by atoms with Crippen molar-refractivity contribution in [2.45, 2.75) is 38.2 Å². The summed E-state index contributed by atoms with van der Waals surface area (Å²) < 4.78 is 31.8. The molecule has 0 radical (unpaired) electrons. The van der Waals surface area contributed by atoms with Gasteiger partial charge in [-0.3, -0.25) is 13.9 Å². The smallest absolute Gasteiger partial charge is 0.265 e. The Morgan fingerprint density at radius 2 is 1.61 bits per heavy atom. The van der Waals surface area contributed by atoms with Crippen LogP contribution in [0, 0.1) is 0 Å². The van der Waals surface area contributed by atoms with Crippen molar-refractivity contribution >= 4 is 33.2 Å². The zero-order chi connectivity index (χ0) is 23.4. The number of fused-ring (bicyclic) bond motifs is 1. The lowest BCUT2D eigenvalue weighted by Gasteiger charge is -2.22. The second kappa shape index (κ2) is 9.82. The molecular formula is C24H29N3O5S. The monoisotopic (exact) mass is 471 g/mol. The fraction of sp³-hybridized carbons (Fsp3) is 0.417. The van der Waals surface area contributed by atoms with Crippen LogP contribution < -0.4 is 14.4 Å². The van der Waals surface area contributed by atoms with Gasteiger partial charge < -0.3 is 15.0 Å². The molecular weight excluding hydrogens is 442 g/mol. The van der Waals surface area contributed by atoms with Crippen LogP contribution in [0.4, 0.5) is 11.4 Å². The Labute approximate surface area is 194 Å². The lowest BCUT2D eigenvalue weighted by molar-refractivity contribution is -0.122. The van der Waals surface area contributed by atoms with Crippen molar-refractivity contribution in [3.63, 3.8) is 0 Å². The number of hydrogen-bond acceptors (Lipinski definition) is 5. The van der Waals surface area contributed by atoms with Crippen molar-refractivity contribution < 1.29 is 22.7 Å². The Bertz CT molecular complexity index is 1130. The van der Waals surface area contributed by atoms with Crippen LogP contribution in [-0.4, -0.2) is 57.1 Å². The lowest BCUT2D eigenvalue weighted by Crippen LogP contribution is -2.37. The minimum absolute atomic E-state index is 0.0943. The molecule has 2 amide bonds. The number of hydrogen-bond donors (Lipinski definition) is 1. The zero-order valence-electron chi connectivity index (χ0n) is 18.7. The van der Waals surface area contributed by atoms with E-state index in [-0.39, 0.29) is 18.9 Å². The van der Waals surface area contributed by atoms with Crippen LogP contribution in [0.25, 0.3) is 0 Å². The summed E-state index contributed by atoms with van der Waals surface area (Å²) in [6.07, 6.45) is 4.60. The molecule has 1 atom stereocenters. The molecule has 0 aliphatic carbocycles. The van der Waals surface area contributed by atoms with Crippen molar-refractivity contribution in [2.24, 2.45) is 0 Å². The topological polar surface area (TPSA) is 96.0 Å². The first kappa shape index (κ1) is 23.1. The summed E-state index contributed by atoms with van der Waals surface area (Å²) in [5.41, 5.74) is 1.28. The fourth-order valence-corrected chi connectivity index (χ4v) is 5.24. The van der Waals surface area contributed by atoms with E-state index in [0.717, 1.165) is 31.9 Å². The zero-order valence-corrected chi connectivity index (χ0v) is 19.5. The number of benzene rings is 2. The number of anilines is 2. The summed E-state index contributed by atoms with van der Waals surface area (Å²) in [4.78, 5) is 28.2. The minimum Gasteiger partial charge on any atom is -0.478 e. The van der Waals surface area contributed by atoms with Gasteiger partial charge in [-0.15, -0.1) is 0 Å². The molecule has 2 aromatic carbocycles. The molecule has 1 unspecified atom stereocenters. The third-order valence-electron chi connectivity index (χ3n) is 6.00. The van der Waals surface area contributed by atoms with Crippen molar-refractivity contribution in [3.8, 4) is 5.75 Å². The number of nitrogens with one attached hydrogen (secondary N) is 1. The maximum atomic E-state index is 13.2. The van der Waals surface area contributed by atoms with E-state index >= 15 is 0 Å². The summed E-state index contributed by atoms with van der Waals surface area (Å²) in [7, 11) is -3.53. The third kappa shape index (κ3) is 5.30. The van der Waals surface area contributed by atoms with E-state index in [2.05, 4.69) is 5.32 Å². The molecule has 9 heteroatoms. The van der Waals surface area contributed by atoms with Crippen LogP contribution in [-0.2, 0) is 14.8 Å². The molecule has 4 rings (SSSR count). The highest BCUT2D eigenvalue weighted by Crippen LogP contribution is 2.34. The molecule has 2 aliphatic rings. The first-order valence-electron chi connectivity index (χ1n) is 11.3. The van der Waals surface area contributed by atoms with Crippen LogP contribution in [0.3, 0.4) is 0 Å². The van der Waals surface area contributed by atoms with E-state index in [1.165, 1.54) is 4.31 Å². The van der Waals surface area contributed by atoms with Crippen LogP contribution >= 0.6 is 0 Å². The van der Waals surface area contributed by atoms with Gasteiger partial charge in [0.15, 0.2) is 6.10 Å². The van der Waals surface area contributed by atoms with Gasteiger partial charge in [0.05, 0.1) is 23.2 Å². The van der Waals surface area contributed by atoms with Gasteiger partial charge in [-0.05, 0) is 37.1 Å². The van der Waals surface area contributed by atoms with E-state index in [0.29, 0.717) is 35.8 Å². The molecule has 8 nitrogen and oxygen atoms in total. The summed E-state index contributed by atoms with van der Waals surface area (Å²) in [5.74, 6) is -0.186. The highest BCUT2D eigenvalue weighted by molar-refractivity contribution is 7.92. The Kier molecular flexibility index (Phi) is 6.88. The van der Waals surface area contributed by atoms with Crippen LogP contribution in [0.2, 0.25) is 0 Å². The fourth-order valence-electron chi connectivity index (χ4n) is 4.30. The summed E-state index contributed by atoms with van der Waals surface area (Å²) in [6, 6.07) is 13.7. The maximum Gasteiger partial charge on any atom is 0.265 e. The first-order valence-corrected chi connectivity index (χ1v) is 13.1. The average molecular weight is 472 g/mol. The van der Waals surface area contributed by atoms with Crippen LogP contribution in [0.5, 0.6) is 5.75 Å². The number of carbonyl (C=O) groups excluding carboxylic acids is 2. The number of para-hydroxylation sites is 3. The summed E-state index contributed by atoms with van der Waals surface area (Å²) in [6.45, 7) is 1.54. The SMILES string of the molecule is CS(=O)(=O)N1CCC(C(=O)Nc2ccccc2C(=O)N2CCCCCC2)Oc2ccccc21. The highest BCUT2D eigenvalue weighted by Gasteiger charge is 2.31. The van der Waals surface area contributed by atoms with Gasteiger partial charge >= 0.3 is 0 Å². The lowest BCUT2D eigenvalue weighted by atomic mass is 10.1. The van der Waals surface area contributed by atoms with Gasteiger partial charge in [0, 0.05) is 26.1 Å². The van der Waals surface area contributed by atoms with E-state index in [1.54, 1.807) is 48.5 Å². The molecule has 2 aliphatic heterocycles. The second-order valence-electron chi connectivity index (χ2n) is 8.44. The molecule has 1 N–H and O–H groups in total. The number of carbonyl (C=O) groups is 2. The molecule has 0 spiro atoms. The van der Waals surface area contributed by atoms with Gasteiger partial charge in [0.25, 0.3) is 11.8 Å². The number of ether oxygens (including phenoxy) is 1. The number of sulfonamides is 1. The predicted molar refractivity (Wildman–Crippen MR) is 127 cm³/mol. The van der Waals surface area contributed by atoms with Crippen molar-refractivity contribution in [1.29, 1.82) is 0 Å². The molecule has 2 aromatic rings. The van der Waals surface area contributed by atoms with Gasteiger partial charge in [-0.1, -0.05) is 37.1 Å². The summed E-state index contributed by atoms with van der Waals surface area (Å²) in [5, 5.41) is 2.85. The molecule has 0 saturated carbocycles. The van der Waals surface area contributed by atoms with Gasteiger partial charge in [0.1, 0.15) is 5.75 Å². The van der Waals surface area contributed by atoms with Crippen molar-refractivity contribution in [1.82, 2.24) is 4.90 Å². The van der Waals surface area contributed by atoms with Crippen molar-refractivity contribution in [2.75, 3.05) is 35.5 Å². The molecule has 1 fully saturated rings. The first-order chi connectivity index (χ1) is 15.8. The third-order valence-corrected chi connectivity index (χ3v) is 7.18. The van der Waals surface area contributed by atoms with Gasteiger partial charge in [-0.2, -0.15) is 0 Å². The second-order valence-corrected chi connectivity index (χ2v) is 10.3. The molecule has 176 valence electrons. The van der Waals surface area contributed by atoms with Gasteiger partial charge in [-0.25, -0.2) is 8.42 Å². The number of rotatable bonds is 4. The van der Waals surface area contributed by atoms with E-state index < -0.39 is 22.0 Å². The predicted octanol–water partition coefficient (Wildman–Crippen LogP) is 3.26. The quantitative estimate of drug-likeness (QED) is 0.738. The Morgan fingerprint density at radius 1 is 0.939 bits per heavy atom. The Hall–Kier alpha value is -3.07. The van der Waals surface area contributed by atoms with Crippen molar-refractivity contribution in [3.05, 3.63) is 54.1 Å². The molecule has 1 saturated heterocycles. The number of amides is 2. The minimum atomic E-state index is -3.53. The Balaban J connectivity index is 1.54. The number of nitrogens with zero attached hydrogens (tertiary/aromatic N) is 2. The van der Waals surface area contributed by atoms with Gasteiger partial charge in [0.2, 0.25) is 10.0 Å². The maximum absolute atomic E-state index is 13.2. The van der Waals surface area contributed by atoms with Crippen LogP contribution in [0.15, 0.2) is 48.5 Å². The summed E-state index contributed by atoms with van der Waals surface area (Å²) >= 11 is 0. The average Bonchev–Trinajstić information content (AvgIpc) is 3.18. The normalized spacial score (nSPS) is 19.0. The molecule has 2 heterocycles. The molecule has 0 aromatic heterocycles. The molecule has 33 heavy (non-hydrogen) atoms. The highest BCUT2D eigenvalue weighted by atomic mass is 32.2.